The summed E-state index contributed by atoms with van der Waals surface area (Å²) < 4.78 is 7.27. The molecule has 2 aromatic heterocycles. The van der Waals surface area contributed by atoms with Gasteiger partial charge in [0.25, 0.3) is 5.91 Å². The van der Waals surface area contributed by atoms with E-state index >= 15 is 0 Å². The first-order valence-electron chi connectivity index (χ1n) is 11.2. The van der Waals surface area contributed by atoms with Crippen LogP contribution in [0.3, 0.4) is 0 Å². The van der Waals surface area contributed by atoms with Crippen molar-refractivity contribution in [2.24, 2.45) is 0 Å². The first kappa shape index (κ1) is 21.2. The van der Waals surface area contributed by atoms with Crippen molar-refractivity contribution < 1.29 is 9.53 Å². The third kappa shape index (κ3) is 4.59. The van der Waals surface area contributed by atoms with Gasteiger partial charge in [0, 0.05) is 30.2 Å². The van der Waals surface area contributed by atoms with E-state index in [4.69, 9.17) is 4.74 Å². The molecule has 1 aliphatic heterocycles. The molecule has 7 heteroatoms. The van der Waals surface area contributed by atoms with Crippen LogP contribution < -0.4 is 10.2 Å². The number of anilines is 2. The highest BCUT2D eigenvalue weighted by atomic mass is 16.5. The fourth-order valence-corrected chi connectivity index (χ4v) is 4.12. The van der Waals surface area contributed by atoms with E-state index in [2.05, 4.69) is 51.5 Å². The number of hydrogen-bond donors (Lipinski definition) is 1. The SMILES string of the molecule is Cc1ccc(Cn2ncc3c(C(=O)Nc4ccc(N5CCOCC5)cc4)cc(C)nc32)cc1. The fraction of sp³-hybridized carbons (Fsp3) is 0.269. The lowest BCUT2D eigenvalue weighted by molar-refractivity contribution is 0.102. The minimum atomic E-state index is -0.167. The summed E-state index contributed by atoms with van der Waals surface area (Å²) in [5.74, 6) is -0.167. The Bertz CT molecular complexity index is 1270. The Balaban J connectivity index is 1.37. The number of benzene rings is 2. The summed E-state index contributed by atoms with van der Waals surface area (Å²) in [6.07, 6.45) is 1.73. The Morgan fingerprint density at radius 2 is 1.76 bits per heavy atom. The maximum Gasteiger partial charge on any atom is 0.256 e. The Labute approximate surface area is 193 Å². The summed E-state index contributed by atoms with van der Waals surface area (Å²) in [6.45, 7) is 7.82. The number of hydrogen-bond acceptors (Lipinski definition) is 5. The van der Waals surface area contributed by atoms with Gasteiger partial charge in [-0.3, -0.25) is 4.79 Å². The predicted octanol–water partition coefficient (Wildman–Crippen LogP) is 4.19. The Kier molecular flexibility index (Phi) is 5.79. The van der Waals surface area contributed by atoms with Gasteiger partial charge in [-0.2, -0.15) is 5.10 Å². The van der Waals surface area contributed by atoms with Crippen LogP contribution in [0, 0.1) is 13.8 Å². The molecular formula is C26H27N5O2. The second kappa shape index (κ2) is 9.03. The van der Waals surface area contributed by atoms with Crippen molar-refractivity contribution in [1.29, 1.82) is 0 Å². The molecule has 1 amide bonds. The van der Waals surface area contributed by atoms with Crippen LogP contribution in [0.1, 0.15) is 27.2 Å². The summed E-state index contributed by atoms with van der Waals surface area (Å²) in [6, 6.07) is 18.1. The molecule has 1 saturated heterocycles. The number of amides is 1. The van der Waals surface area contributed by atoms with Crippen molar-refractivity contribution in [2.75, 3.05) is 36.5 Å². The Morgan fingerprint density at radius 3 is 2.48 bits per heavy atom. The number of fused-ring (bicyclic) bond motifs is 1. The number of carbonyl (C=O) groups excluding carboxylic acids is 1. The molecule has 0 saturated carbocycles. The number of morpholine rings is 1. The number of pyridine rings is 1. The summed E-state index contributed by atoms with van der Waals surface area (Å²) in [5.41, 5.74) is 6.31. The van der Waals surface area contributed by atoms with Gasteiger partial charge in [-0.05, 0) is 49.7 Å². The van der Waals surface area contributed by atoms with Crippen LogP contribution >= 0.6 is 0 Å². The first-order valence-corrected chi connectivity index (χ1v) is 11.2. The van der Waals surface area contributed by atoms with Crippen molar-refractivity contribution in [3.05, 3.63) is 83.2 Å². The Hall–Kier alpha value is -3.71. The van der Waals surface area contributed by atoms with E-state index in [0.29, 0.717) is 17.8 Å². The standard InChI is InChI=1S/C26H27N5O2/c1-18-3-5-20(6-4-18)17-31-25-24(16-27-31)23(15-19(2)28-25)26(32)29-21-7-9-22(10-8-21)30-11-13-33-14-12-30/h3-10,15-16H,11-14,17H2,1-2H3,(H,29,32). The number of nitrogens with one attached hydrogen (secondary N) is 1. The molecule has 1 aliphatic rings. The minimum Gasteiger partial charge on any atom is -0.378 e. The minimum absolute atomic E-state index is 0.167. The van der Waals surface area contributed by atoms with Crippen LogP contribution in [0.2, 0.25) is 0 Å². The van der Waals surface area contributed by atoms with E-state index in [-0.39, 0.29) is 5.91 Å². The number of aryl methyl sites for hydroxylation is 2. The monoisotopic (exact) mass is 441 g/mol. The first-order chi connectivity index (χ1) is 16.1. The van der Waals surface area contributed by atoms with Crippen LogP contribution in [-0.2, 0) is 11.3 Å². The summed E-state index contributed by atoms with van der Waals surface area (Å²) >= 11 is 0. The van der Waals surface area contributed by atoms with E-state index < -0.39 is 0 Å². The van der Waals surface area contributed by atoms with Crippen molar-refractivity contribution >= 4 is 28.3 Å². The lowest BCUT2D eigenvalue weighted by Gasteiger charge is -2.28. The maximum atomic E-state index is 13.2. The van der Waals surface area contributed by atoms with Gasteiger partial charge in [0.1, 0.15) is 0 Å². The van der Waals surface area contributed by atoms with Crippen LogP contribution in [0.5, 0.6) is 0 Å². The van der Waals surface area contributed by atoms with Gasteiger partial charge in [0.05, 0.1) is 36.9 Å². The molecule has 1 fully saturated rings. The number of aromatic nitrogens is 3. The number of nitrogens with zero attached hydrogens (tertiary/aromatic N) is 4. The Morgan fingerprint density at radius 1 is 1.03 bits per heavy atom. The van der Waals surface area contributed by atoms with E-state index in [9.17, 15) is 4.79 Å². The van der Waals surface area contributed by atoms with Gasteiger partial charge in [0.15, 0.2) is 5.65 Å². The molecule has 5 rings (SSSR count). The average Bonchev–Trinajstić information content (AvgIpc) is 3.23. The highest BCUT2D eigenvalue weighted by Gasteiger charge is 2.17. The summed E-state index contributed by atoms with van der Waals surface area (Å²) in [5, 5.41) is 8.30. The zero-order valence-corrected chi connectivity index (χ0v) is 18.9. The molecule has 0 spiro atoms. The molecule has 4 aromatic rings. The fourth-order valence-electron chi connectivity index (χ4n) is 4.12. The number of ether oxygens (including phenoxy) is 1. The molecule has 0 unspecified atom stereocenters. The van der Waals surface area contributed by atoms with Gasteiger partial charge in [-0.15, -0.1) is 0 Å². The summed E-state index contributed by atoms with van der Waals surface area (Å²) in [4.78, 5) is 20.1. The van der Waals surface area contributed by atoms with Crippen LogP contribution in [0.15, 0.2) is 60.8 Å². The van der Waals surface area contributed by atoms with Gasteiger partial charge < -0.3 is 15.0 Å². The quantitative estimate of drug-likeness (QED) is 0.503. The van der Waals surface area contributed by atoms with Crippen LogP contribution in [0.25, 0.3) is 11.0 Å². The molecule has 0 atom stereocenters. The highest BCUT2D eigenvalue weighted by molar-refractivity contribution is 6.12. The average molecular weight is 442 g/mol. The zero-order valence-electron chi connectivity index (χ0n) is 18.9. The molecule has 7 nitrogen and oxygen atoms in total. The zero-order chi connectivity index (χ0) is 22.8. The third-order valence-electron chi connectivity index (χ3n) is 5.94. The molecule has 2 aromatic carbocycles. The van der Waals surface area contributed by atoms with E-state index in [1.807, 2.05) is 41.9 Å². The van der Waals surface area contributed by atoms with Crippen molar-refractivity contribution in [3.63, 3.8) is 0 Å². The van der Waals surface area contributed by atoms with Gasteiger partial charge in [-0.25, -0.2) is 9.67 Å². The molecule has 33 heavy (non-hydrogen) atoms. The van der Waals surface area contributed by atoms with Gasteiger partial charge in [0.2, 0.25) is 0 Å². The smallest absolute Gasteiger partial charge is 0.256 e. The van der Waals surface area contributed by atoms with Crippen molar-refractivity contribution in [2.45, 2.75) is 20.4 Å². The molecule has 3 heterocycles. The molecule has 168 valence electrons. The van der Waals surface area contributed by atoms with E-state index in [1.165, 1.54) is 5.56 Å². The molecule has 1 N–H and O–H groups in total. The molecular weight excluding hydrogens is 414 g/mol. The normalized spacial score (nSPS) is 13.9. The van der Waals surface area contributed by atoms with E-state index in [0.717, 1.165) is 54.3 Å². The predicted molar refractivity (Wildman–Crippen MR) is 130 cm³/mol. The number of carbonyl (C=O) groups is 1. The van der Waals surface area contributed by atoms with Crippen LogP contribution in [0.4, 0.5) is 11.4 Å². The topological polar surface area (TPSA) is 72.3 Å². The largest absolute Gasteiger partial charge is 0.378 e. The molecule has 0 radical (unpaired) electrons. The third-order valence-corrected chi connectivity index (χ3v) is 5.94. The highest BCUT2D eigenvalue weighted by Crippen LogP contribution is 2.23. The van der Waals surface area contributed by atoms with E-state index in [1.54, 1.807) is 6.20 Å². The molecule has 0 bridgehead atoms. The molecule has 0 aliphatic carbocycles. The maximum absolute atomic E-state index is 13.2. The van der Waals surface area contributed by atoms with Crippen molar-refractivity contribution in [3.8, 4) is 0 Å². The lowest BCUT2D eigenvalue weighted by Crippen LogP contribution is -2.36. The van der Waals surface area contributed by atoms with Gasteiger partial charge in [-0.1, -0.05) is 29.8 Å². The summed E-state index contributed by atoms with van der Waals surface area (Å²) in [7, 11) is 0. The number of rotatable bonds is 5. The lowest BCUT2D eigenvalue weighted by atomic mass is 10.1. The second-order valence-electron chi connectivity index (χ2n) is 8.44. The van der Waals surface area contributed by atoms with Crippen LogP contribution in [-0.4, -0.2) is 47.0 Å². The van der Waals surface area contributed by atoms with Gasteiger partial charge >= 0.3 is 0 Å². The second-order valence-corrected chi connectivity index (χ2v) is 8.44. The van der Waals surface area contributed by atoms with Crippen molar-refractivity contribution in [1.82, 2.24) is 14.8 Å².